The van der Waals surface area contributed by atoms with E-state index in [1.54, 1.807) is 0 Å². The Bertz CT molecular complexity index is 6900. The third-order valence-corrected chi connectivity index (χ3v) is 22.9. The van der Waals surface area contributed by atoms with Gasteiger partial charge in [0.1, 0.15) is 11.6 Å². The van der Waals surface area contributed by atoms with Gasteiger partial charge >= 0.3 is 0 Å². The number of imidazole rings is 4. The quantitative estimate of drug-likeness (QED) is 0.172. The fourth-order valence-corrected chi connectivity index (χ4v) is 17.3. The van der Waals surface area contributed by atoms with Crippen molar-refractivity contribution in [2.24, 2.45) is 0 Å². The van der Waals surface area contributed by atoms with Gasteiger partial charge in [-0.25, -0.2) is 9.97 Å². The number of hydrogen-bond acceptors (Lipinski definition) is 3. The molecule has 0 N–H and O–H groups in total. The fraction of sp³-hybridized carbons (Fsp3) is 0.156. The molecule has 105 heavy (non-hydrogen) atoms. The second-order valence-corrected chi connectivity index (χ2v) is 32.7. The highest BCUT2D eigenvalue weighted by Crippen LogP contribution is 2.50. The third-order valence-electron chi connectivity index (χ3n) is 22.9. The molecule has 0 saturated carbocycles. The molecule has 10 heterocycles. The minimum Gasteiger partial charge on any atom is -0.306 e. The molecule has 23 rings (SSSR count). The van der Waals surface area contributed by atoms with Gasteiger partial charge in [0.15, 0.2) is 0 Å². The summed E-state index contributed by atoms with van der Waals surface area (Å²) in [5, 5.41) is 18.0. The molecule has 4 aliphatic heterocycles. The van der Waals surface area contributed by atoms with Gasteiger partial charge in [-0.2, -0.15) is 5.26 Å². The maximum atomic E-state index is 13.6. The summed E-state index contributed by atoms with van der Waals surface area (Å²) in [6, 6.07) is 102. The third kappa shape index (κ3) is 9.18. The maximum absolute atomic E-state index is 13.6. The predicted molar refractivity (Wildman–Crippen MR) is 436 cm³/mol. The molecule has 9 heteroatoms. The second kappa shape index (κ2) is 22.0. The Morgan fingerprint density at radius 3 is 1.10 bits per heavy atom. The zero-order chi connectivity index (χ0) is 71.5. The fourth-order valence-electron chi connectivity index (χ4n) is 17.3. The molecule has 0 aliphatic carbocycles. The summed E-state index contributed by atoms with van der Waals surface area (Å²) in [5.74, 6) is 1.41. The van der Waals surface area contributed by atoms with Crippen molar-refractivity contribution >= 4 is 99.3 Å². The summed E-state index contributed by atoms with van der Waals surface area (Å²) >= 11 is 0. The van der Waals surface area contributed by atoms with E-state index in [1.807, 2.05) is 0 Å². The largest absolute Gasteiger partial charge is 0.306 e. The van der Waals surface area contributed by atoms with E-state index < -0.39 is 5.41 Å². The average molecular weight is 1360 g/mol. The molecule has 0 radical (unpaired) electrons. The molecule has 0 amide bonds. The van der Waals surface area contributed by atoms with Crippen LogP contribution >= 0.6 is 0 Å². The summed E-state index contributed by atoms with van der Waals surface area (Å²) in [7, 11) is 0. The SMILES string of the molecule is CC(C)(C)c1ccc2c(c1)c1cc(C(C)(C)C)ccc1n2-c1c(-n2c3ccc(-c4ccccc4)cc3n3c4cc(-c5ccccc5)ccc4nc23)cc2c(c1C#N)-n1c3ccc(C(C)(C)C)cc3c3cc(ccc31)C(C)(C)c1ccccc1-c1ccc3c(c1)n1c4cc(-c5ccccc5)ccc4nc1n3-2. The number of fused-ring (bicyclic) bond motifs is 12. The van der Waals surface area contributed by atoms with Gasteiger partial charge in [-0.15, -0.1) is 0 Å². The lowest BCUT2D eigenvalue weighted by atomic mass is 9.74. The lowest BCUT2D eigenvalue weighted by Crippen LogP contribution is -2.20. The van der Waals surface area contributed by atoms with E-state index >= 15 is 0 Å². The van der Waals surface area contributed by atoms with Crippen molar-refractivity contribution < 1.29 is 0 Å². The molecule has 4 aliphatic rings. The number of hydrogen-bond donors (Lipinski definition) is 0. The summed E-state index contributed by atoms with van der Waals surface area (Å²) in [5.41, 5.74) is 28.7. The molecule has 0 spiro atoms. The zero-order valence-electron chi connectivity index (χ0n) is 60.9. The van der Waals surface area contributed by atoms with E-state index in [1.165, 1.54) is 27.8 Å². The van der Waals surface area contributed by atoms with Gasteiger partial charge in [-0.05, 0) is 192 Å². The van der Waals surface area contributed by atoms with Crippen molar-refractivity contribution in [1.29, 1.82) is 5.26 Å². The molecule has 6 aromatic heterocycles. The highest BCUT2D eigenvalue weighted by molar-refractivity contribution is 6.14. The van der Waals surface area contributed by atoms with Crippen LogP contribution in [0.15, 0.2) is 267 Å². The Morgan fingerprint density at radius 1 is 0.314 bits per heavy atom. The molecule has 19 aromatic rings. The van der Waals surface area contributed by atoms with Gasteiger partial charge in [-0.1, -0.05) is 240 Å². The minimum atomic E-state index is -0.481. The number of aromatic nitrogens is 8. The number of benzene rings is 13. The zero-order valence-corrected chi connectivity index (χ0v) is 60.9. The summed E-state index contributed by atoms with van der Waals surface area (Å²) < 4.78 is 14.3. The Hall–Kier alpha value is -12.5. The smallest absolute Gasteiger partial charge is 0.220 e. The van der Waals surface area contributed by atoms with Crippen LogP contribution in [0.2, 0.25) is 0 Å². The first-order valence-corrected chi connectivity index (χ1v) is 36.7. The molecule has 0 unspecified atom stereocenters. The van der Waals surface area contributed by atoms with Gasteiger partial charge < -0.3 is 9.13 Å². The molecule has 9 nitrogen and oxygen atoms in total. The minimum absolute atomic E-state index is 0.174. The number of rotatable bonds is 5. The number of nitriles is 1. The van der Waals surface area contributed by atoms with Crippen molar-refractivity contribution in [3.8, 4) is 73.3 Å². The highest BCUT2D eigenvalue weighted by atomic mass is 15.2. The van der Waals surface area contributed by atoms with Crippen LogP contribution in [0.5, 0.6) is 0 Å². The first kappa shape index (κ1) is 62.3. The standard InChI is InChI=1S/C96H77N9/c1-93(2,3)64-35-43-77-69(51-64)70-52-65(94(4,5)6)36-44-78(70)100(77)89-73(56-97)90-88(55-87(89)102-81-41-33-62(59-27-19-14-20-28-59)49-85(81)104-83-47-60(57-23-15-12-16-24-57)31-39-75(83)98-91(102)104)103-82-42-34-63(50-86(82)105-84-48-61(58-25-17-13-18-26-58)32-40-76(84)99-92(103)105)68-29-21-22-30-74(68)96(10,11)67-38-46-80-72(54-67)71-53-66(95(7,8)9)37-45-79(71)101(80)90/h12-55H,1-11H3. The Morgan fingerprint density at radius 2 is 0.676 bits per heavy atom. The summed E-state index contributed by atoms with van der Waals surface area (Å²) in [4.78, 5) is 11.7. The Balaban J connectivity index is 1.05. The van der Waals surface area contributed by atoms with Crippen LogP contribution in [-0.4, -0.2) is 37.0 Å². The molecule has 13 aromatic carbocycles. The van der Waals surface area contributed by atoms with Crippen LogP contribution in [0.3, 0.4) is 0 Å². The molecule has 0 saturated heterocycles. The molecule has 8 bridgehead atoms. The van der Waals surface area contributed by atoms with Crippen LogP contribution in [0.25, 0.3) is 167 Å². The normalized spacial score (nSPS) is 13.4. The second-order valence-electron chi connectivity index (χ2n) is 32.7. The first-order chi connectivity index (χ1) is 50.7. The summed E-state index contributed by atoms with van der Waals surface area (Å²) in [6.45, 7) is 25.4. The topological polar surface area (TPSA) is 78.1 Å². The monoisotopic (exact) mass is 1360 g/mol. The van der Waals surface area contributed by atoms with Crippen molar-refractivity contribution in [1.82, 2.24) is 37.0 Å². The van der Waals surface area contributed by atoms with Crippen LogP contribution in [0.1, 0.15) is 110 Å². The molecular weight excluding hydrogens is 1280 g/mol. The maximum Gasteiger partial charge on any atom is 0.220 e. The van der Waals surface area contributed by atoms with Gasteiger partial charge in [0.2, 0.25) is 11.6 Å². The van der Waals surface area contributed by atoms with E-state index in [0.29, 0.717) is 17.1 Å². The van der Waals surface area contributed by atoms with Gasteiger partial charge in [0.05, 0.1) is 88.9 Å². The number of nitrogens with zero attached hydrogens (tertiary/aromatic N) is 9. The van der Waals surface area contributed by atoms with E-state index in [2.05, 4.69) is 376 Å². The van der Waals surface area contributed by atoms with Crippen LogP contribution in [0.4, 0.5) is 0 Å². The Labute approximate surface area is 609 Å². The predicted octanol–water partition coefficient (Wildman–Crippen LogP) is 24.4. The van der Waals surface area contributed by atoms with E-state index in [0.717, 1.165) is 155 Å². The Kier molecular flexibility index (Phi) is 13.1. The van der Waals surface area contributed by atoms with Crippen LogP contribution in [0, 0.1) is 11.3 Å². The van der Waals surface area contributed by atoms with Gasteiger partial charge in [-0.3, -0.25) is 17.9 Å². The van der Waals surface area contributed by atoms with Crippen molar-refractivity contribution in [3.63, 3.8) is 0 Å². The first-order valence-electron chi connectivity index (χ1n) is 36.7. The van der Waals surface area contributed by atoms with Crippen molar-refractivity contribution in [2.45, 2.75) is 97.8 Å². The highest BCUT2D eigenvalue weighted by Gasteiger charge is 2.36. The van der Waals surface area contributed by atoms with Crippen molar-refractivity contribution in [2.75, 3.05) is 0 Å². The molecule has 0 fully saturated rings. The van der Waals surface area contributed by atoms with Crippen molar-refractivity contribution in [3.05, 3.63) is 300 Å². The van der Waals surface area contributed by atoms with Gasteiger partial charge in [0, 0.05) is 27.0 Å². The van der Waals surface area contributed by atoms with E-state index in [-0.39, 0.29) is 16.2 Å². The molecule has 0 atom stereocenters. The molecular formula is C96H77N9. The van der Waals surface area contributed by atoms with E-state index in [9.17, 15) is 5.26 Å². The summed E-state index contributed by atoms with van der Waals surface area (Å²) in [6.07, 6.45) is 0. The van der Waals surface area contributed by atoms with Gasteiger partial charge in [0.25, 0.3) is 0 Å². The van der Waals surface area contributed by atoms with E-state index in [4.69, 9.17) is 9.97 Å². The van der Waals surface area contributed by atoms with Crippen LogP contribution < -0.4 is 0 Å². The van der Waals surface area contributed by atoms with Crippen LogP contribution in [-0.2, 0) is 21.7 Å². The lowest BCUT2D eigenvalue weighted by Gasteiger charge is -2.29. The lowest BCUT2D eigenvalue weighted by molar-refractivity contribution is 0.590. The average Bonchev–Trinajstić information content (AvgIpc) is 1.54. The molecule has 506 valence electrons.